The van der Waals surface area contributed by atoms with Crippen LogP contribution in [0, 0.1) is 5.92 Å². The molecule has 1 amide bonds. The number of imidazole rings is 1. The van der Waals surface area contributed by atoms with Crippen LogP contribution in [0.25, 0.3) is 11.0 Å². The van der Waals surface area contributed by atoms with Gasteiger partial charge in [-0.2, -0.15) is 0 Å². The van der Waals surface area contributed by atoms with Crippen molar-refractivity contribution in [3.8, 4) is 0 Å². The molecule has 24 heavy (non-hydrogen) atoms. The molecular formula is C17H23N3O3S. The van der Waals surface area contributed by atoms with E-state index < -0.39 is 17.7 Å². The monoisotopic (exact) mass is 349 g/mol. The number of hydrogen-bond donors (Lipinski definition) is 2. The van der Waals surface area contributed by atoms with Crippen molar-refractivity contribution in [2.24, 2.45) is 5.92 Å². The van der Waals surface area contributed by atoms with Gasteiger partial charge in [-0.05, 0) is 38.8 Å². The van der Waals surface area contributed by atoms with Crippen LogP contribution in [0.5, 0.6) is 0 Å². The molecule has 6 nitrogen and oxygen atoms in total. The molecule has 2 N–H and O–H groups in total. The molecule has 0 radical (unpaired) electrons. The first-order valence-corrected chi connectivity index (χ1v) is 8.24. The smallest absolute Gasteiger partial charge is 0.408 e. The van der Waals surface area contributed by atoms with Crippen LogP contribution >= 0.6 is 12.2 Å². The van der Waals surface area contributed by atoms with Crippen molar-refractivity contribution in [2.75, 3.05) is 0 Å². The van der Waals surface area contributed by atoms with Crippen molar-refractivity contribution < 1.29 is 9.53 Å². The lowest BCUT2D eigenvalue weighted by Gasteiger charge is -2.26. The van der Waals surface area contributed by atoms with Crippen LogP contribution < -0.4 is 11.0 Å². The lowest BCUT2D eigenvalue weighted by Crippen LogP contribution is -2.49. The normalized spacial score (nSPS) is 13.1. The van der Waals surface area contributed by atoms with Gasteiger partial charge in [-0.3, -0.25) is 4.57 Å². The number of para-hydroxylation sites is 2. The minimum Gasteiger partial charge on any atom is -0.444 e. The highest BCUT2D eigenvalue weighted by atomic mass is 32.1. The number of benzene rings is 1. The van der Waals surface area contributed by atoms with E-state index in [1.54, 1.807) is 20.8 Å². The number of carbonyl (C=O) groups excluding carboxylic acids is 1. The van der Waals surface area contributed by atoms with Crippen LogP contribution in [0.15, 0.2) is 29.1 Å². The van der Waals surface area contributed by atoms with Crippen LogP contribution in [-0.4, -0.2) is 32.3 Å². The van der Waals surface area contributed by atoms with Crippen LogP contribution in [-0.2, 0) is 4.74 Å². The second kappa shape index (κ2) is 6.76. The van der Waals surface area contributed by atoms with E-state index >= 15 is 0 Å². The Labute approximate surface area is 146 Å². The summed E-state index contributed by atoms with van der Waals surface area (Å²) in [6, 6.07) is 6.78. The van der Waals surface area contributed by atoms with E-state index in [0.717, 1.165) is 0 Å². The van der Waals surface area contributed by atoms with Gasteiger partial charge in [0.15, 0.2) is 0 Å². The Kier molecular flexibility index (Phi) is 5.13. The molecule has 1 heterocycles. The predicted molar refractivity (Wildman–Crippen MR) is 98.6 cm³/mol. The molecule has 0 aliphatic carbocycles. The van der Waals surface area contributed by atoms with Crippen molar-refractivity contribution in [1.82, 2.24) is 14.9 Å². The third kappa shape index (κ3) is 4.03. The maximum Gasteiger partial charge on any atom is 0.408 e. The molecule has 0 unspecified atom stereocenters. The van der Waals surface area contributed by atoms with Crippen molar-refractivity contribution >= 4 is 34.3 Å². The fourth-order valence-corrected chi connectivity index (χ4v) is 2.87. The summed E-state index contributed by atoms with van der Waals surface area (Å²) in [6.07, 6.45) is -0.559. The first kappa shape index (κ1) is 18.2. The number of amides is 1. The Morgan fingerprint density at radius 3 is 2.50 bits per heavy atom. The molecule has 0 aliphatic heterocycles. The van der Waals surface area contributed by atoms with Gasteiger partial charge in [0.05, 0.1) is 17.1 Å². The molecule has 1 atom stereocenters. The molecule has 0 bridgehead atoms. The van der Waals surface area contributed by atoms with Gasteiger partial charge in [-0.1, -0.05) is 38.2 Å². The zero-order chi connectivity index (χ0) is 18.1. The molecule has 2 rings (SSSR count). The minimum atomic E-state index is -0.606. The number of H-pyrrole nitrogens is 1. The van der Waals surface area contributed by atoms with Gasteiger partial charge in [0, 0.05) is 0 Å². The van der Waals surface area contributed by atoms with Crippen LogP contribution in [0.2, 0.25) is 0 Å². The summed E-state index contributed by atoms with van der Waals surface area (Å²) in [5.41, 5.74) is 0.455. The lowest BCUT2D eigenvalue weighted by molar-refractivity contribution is 0.0508. The maximum atomic E-state index is 12.3. The molecule has 0 saturated carbocycles. The number of hydrogen-bond acceptors (Lipinski definition) is 4. The highest BCUT2D eigenvalue weighted by Gasteiger charge is 2.27. The molecule has 1 aromatic carbocycles. The summed E-state index contributed by atoms with van der Waals surface area (Å²) in [6.45, 7) is 9.22. The number of nitrogens with one attached hydrogen (secondary N) is 2. The van der Waals surface area contributed by atoms with E-state index in [0.29, 0.717) is 16.0 Å². The van der Waals surface area contributed by atoms with Gasteiger partial charge in [-0.15, -0.1) is 0 Å². The Balaban J connectivity index is 2.34. The highest BCUT2D eigenvalue weighted by molar-refractivity contribution is 7.80. The summed E-state index contributed by atoms with van der Waals surface area (Å²) in [5, 5.41) is 2.78. The lowest BCUT2D eigenvalue weighted by atomic mass is 10.0. The Morgan fingerprint density at radius 2 is 1.92 bits per heavy atom. The molecule has 2 aromatic rings. The zero-order valence-corrected chi connectivity index (χ0v) is 15.4. The van der Waals surface area contributed by atoms with E-state index in [2.05, 4.69) is 10.3 Å². The standard InChI is InChI=1S/C17H23N3O3S/c1-10(2)13(19-16(22)23-17(3,4)5)14(24)20-12-9-7-6-8-11(12)18-15(20)21/h6-10,13H,1-5H3,(H,18,21)(H,19,22)/t13-/m0/s1. The quantitative estimate of drug-likeness (QED) is 0.835. The molecule has 0 saturated heterocycles. The Hall–Kier alpha value is -2.15. The number of alkyl carbamates (subject to hydrolysis) is 1. The molecule has 7 heteroatoms. The van der Waals surface area contributed by atoms with Gasteiger partial charge in [0.2, 0.25) is 0 Å². The van der Waals surface area contributed by atoms with Gasteiger partial charge in [0.25, 0.3) is 0 Å². The number of thiocarbonyl (C=S) groups is 1. The summed E-state index contributed by atoms with van der Waals surface area (Å²) in [7, 11) is 0. The minimum absolute atomic E-state index is 0.00872. The summed E-state index contributed by atoms with van der Waals surface area (Å²) in [5.74, 6) is -0.00872. The number of aromatic nitrogens is 2. The summed E-state index contributed by atoms with van der Waals surface area (Å²) in [4.78, 5) is 27.5. The third-order valence-corrected chi connectivity index (χ3v) is 3.85. The fraction of sp³-hybridized carbons (Fsp3) is 0.471. The van der Waals surface area contributed by atoms with Crippen molar-refractivity contribution in [3.05, 3.63) is 34.7 Å². The average Bonchev–Trinajstić information content (AvgIpc) is 2.77. The van der Waals surface area contributed by atoms with Gasteiger partial charge < -0.3 is 15.0 Å². The van der Waals surface area contributed by atoms with Crippen molar-refractivity contribution in [3.63, 3.8) is 0 Å². The molecule has 0 aliphatic rings. The molecule has 130 valence electrons. The second-order valence-corrected chi connectivity index (χ2v) is 7.41. The largest absolute Gasteiger partial charge is 0.444 e. The molecular weight excluding hydrogens is 326 g/mol. The Bertz CT molecular complexity index is 814. The van der Waals surface area contributed by atoms with E-state index in [4.69, 9.17) is 17.0 Å². The van der Waals surface area contributed by atoms with Gasteiger partial charge >= 0.3 is 11.8 Å². The average molecular weight is 349 g/mol. The van der Waals surface area contributed by atoms with Gasteiger partial charge in [0.1, 0.15) is 10.6 Å². The summed E-state index contributed by atoms with van der Waals surface area (Å²) < 4.78 is 6.72. The molecule has 1 aromatic heterocycles. The van der Waals surface area contributed by atoms with Crippen molar-refractivity contribution in [2.45, 2.75) is 46.3 Å². The molecule has 0 fully saturated rings. The van der Waals surface area contributed by atoms with E-state index in [-0.39, 0.29) is 11.6 Å². The van der Waals surface area contributed by atoms with Crippen LogP contribution in [0.4, 0.5) is 4.79 Å². The van der Waals surface area contributed by atoms with Crippen LogP contribution in [0.1, 0.15) is 34.6 Å². The van der Waals surface area contributed by atoms with E-state index in [9.17, 15) is 9.59 Å². The maximum absolute atomic E-state index is 12.3. The topological polar surface area (TPSA) is 76.1 Å². The summed E-state index contributed by atoms with van der Waals surface area (Å²) >= 11 is 5.52. The number of carbonyl (C=O) groups is 1. The molecule has 0 spiro atoms. The van der Waals surface area contributed by atoms with Crippen molar-refractivity contribution in [1.29, 1.82) is 0 Å². The van der Waals surface area contributed by atoms with E-state index in [1.807, 2.05) is 38.1 Å². The second-order valence-electron chi connectivity index (χ2n) is 6.99. The first-order chi connectivity index (χ1) is 11.1. The van der Waals surface area contributed by atoms with Crippen LogP contribution in [0.3, 0.4) is 0 Å². The van der Waals surface area contributed by atoms with E-state index in [1.165, 1.54) is 4.57 Å². The fourth-order valence-electron chi connectivity index (χ4n) is 2.36. The number of aromatic amines is 1. The number of nitrogens with zero attached hydrogens (tertiary/aromatic N) is 1. The predicted octanol–water partition coefficient (Wildman–Crippen LogP) is 3.05. The number of rotatable bonds is 3. The number of ether oxygens (including phenoxy) is 1. The number of fused-ring (bicyclic) bond motifs is 1. The SMILES string of the molecule is CC(C)[C@H](NC(=O)OC(C)(C)C)C(=S)n1c(=O)[nH]c2ccccc21. The zero-order valence-electron chi connectivity index (χ0n) is 14.5. The third-order valence-electron chi connectivity index (χ3n) is 3.41. The highest BCUT2D eigenvalue weighted by Crippen LogP contribution is 2.14. The Morgan fingerprint density at radius 1 is 1.29 bits per heavy atom. The van der Waals surface area contributed by atoms with Gasteiger partial charge in [-0.25, -0.2) is 9.59 Å². The first-order valence-electron chi connectivity index (χ1n) is 7.83.